The van der Waals surface area contributed by atoms with Crippen molar-refractivity contribution >= 4 is 23.4 Å². The number of halogens is 1. The standard InChI is InChI=1S/C20H21ClN2O4/c1-14-2-7-18(24)17(12-14)20(26)23-10-8-22(9-11-23)19(25)13-27-16-5-3-15(21)4-6-16/h2-7,12,24H,8-11,13H2,1H3. The van der Waals surface area contributed by atoms with Gasteiger partial charge in [-0.3, -0.25) is 9.59 Å². The highest BCUT2D eigenvalue weighted by atomic mass is 35.5. The van der Waals surface area contributed by atoms with Gasteiger partial charge < -0.3 is 19.6 Å². The zero-order chi connectivity index (χ0) is 19.4. The van der Waals surface area contributed by atoms with Crippen molar-refractivity contribution in [1.82, 2.24) is 9.80 Å². The molecule has 6 nitrogen and oxygen atoms in total. The number of aromatic hydroxyl groups is 1. The van der Waals surface area contributed by atoms with Gasteiger partial charge in [0.1, 0.15) is 11.5 Å². The number of aryl methyl sites for hydroxylation is 1. The summed E-state index contributed by atoms with van der Waals surface area (Å²) in [5, 5.41) is 10.5. The van der Waals surface area contributed by atoms with Gasteiger partial charge in [-0.15, -0.1) is 0 Å². The maximum atomic E-state index is 12.6. The number of rotatable bonds is 4. The van der Waals surface area contributed by atoms with Gasteiger partial charge in [-0.2, -0.15) is 0 Å². The Morgan fingerprint density at radius 1 is 1.04 bits per heavy atom. The molecule has 1 N–H and O–H groups in total. The van der Waals surface area contributed by atoms with Crippen LogP contribution < -0.4 is 4.74 Å². The maximum absolute atomic E-state index is 12.6. The summed E-state index contributed by atoms with van der Waals surface area (Å²) >= 11 is 5.82. The number of phenols is 1. The number of hydrogen-bond donors (Lipinski definition) is 1. The number of phenolic OH excluding ortho intramolecular Hbond substituents is 1. The molecule has 0 aliphatic carbocycles. The normalized spacial score (nSPS) is 14.1. The molecule has 0 spiro atoms. The van der Waals surface area contributed by atoms with Crippen molar-refractivity contribution in [2.45, 2.75) is 6.92 Å². The van der Waals surface area contributed by atoms with Gasteiger partial charge in [0.15, 0.2) is 6.61 Å². The molecule has 0 aromatic heterocycles. The summed E-state index contributed by atoms with van der Waals surface area (Å²) in [5.41, 5.74) is 1.20. The monoisotopic (exact) mass is 388 g/mol. The fourth-order valence-corrected chi connectivity index (χ4v) is 3.04. The lowest BCUT2D eigenvalue weighted by molar-refractivity contribution is -0.134. The second-order valence-corrected chi connectivity index (χ2v) is 6.87. The molecule has 0 saturated carbocycles. The lowest BCUT2D eigenvalue weighted by atomic mass is 10.1. The van der Waals surface area contributed by atoms with Crippen molar-refractivity contribution in [3.63, 3.8) is 0 Å². The van der Waals surface area contributed by atoms with E-state index < -0.39 is 0 Å². The first-order valence-electron chi connectivity index (χ1n) is 8.69. The van der Waals surface area contributed by atoms with Gasteiger partial charge in [-0.05, 0) is 43.3 Å². The molecular formula is C20H21ClN2O4. The summed E-state index contributed by atoms with van der Waals surface area (Å²) in [6.45, 7) is 3.50. The van der Waals surface area contributed by atoms with Crippen LogP contribution in [0.1, 0.15) is 15.9 Å². The minimum absolute atomic E-state index is 0.0273. The van der Waals surface area contributed by atoms with Crippen LogP contribution in [0, 0.1) is 6.92 Å². The van der Waals surface area contributed by atoms with Crippen LogP contribution in [0.4, 0.5) is 0 Å². The van der Waals surface area contributed by atoms with Crippen LogP contribution in [0.25, 0.3) is 0 Å². The van der Waals surface area contributed by atoms with Gasteiger partial charge in [0.2, 0.25) is 0 Å². The van der Waals surface area contributed by atoms with Crippen LogP contribution in [0.15, 0.2) is 42.5 Å². The summed E-state index contributed by atoms with van der Waals surface area (Å²) in [5.74, 6) is 0.202. The third-order valence-electron chi connectivity index (χ3n) is 4.48. The summed E-state index contributed by atoms with van der Waals surface area (Å²) in [7, 11) is 0. The molecule has 0 atom stereocenters. The number of benzene rings is 2. The average molecular weight is 389 g/mol. The Labute approximate surface area is 162 Å². The molecule has 1 saturated heterocycles. The minimum atomic E-state index is -0.222. The quantitative estimate of drug-likeness (QED) is 0.874. The topological polar surface area (TPSA) is 70.1 Å². The summed E-state index contributed by atoms with van der Waals surface area (Å²) < 4.78 is 5.49. The minimum Gasteiger partial charge on any atom is -0.507 e. The summed E-state index contributed by atoms with van der Waals surface area (Å²) in [6.07, 6.45) is 0. The van der Waals surface area contributed by atoms with Crippen LogP contribution in [0.5, 0.6) is 11.5 Å². The van der Waals surface area contributed by atoms with Crippen LogP contribution in [-0.2, 0) is 4.79 Å². The molecule has 3 rings (SSSR count). The smallest absolute Gasteiger partial charge is 0.260 e. The number of carbonyl (C=O) groups excluding carboxylic acids is 2. The summed E-state index contributed by atoms with van der Waals surface area (Å²) in [4.78, 5) is 28.3. The van der Waals surface area contributed by atoms with E-state index in [4.69, 9.17) is 16.3 Å². The molecule has 2 amide bonds. The Morgan fingerprint density at radius 3 is 2.33 bits per heavy atom. The Bertz CT molecular complexity index is 830. The van der Waals surface area contributed by atoms with E-state index in [9.17, 15) is 14.7 Å². The van der Waals surface area contributed by atoms with Crippen LogP contribution in [0.2, 0.25) is 5.02 Å². The predicted octanol–water partition coefficient (Wildman–Crippen LogP) is 2.72. The number of hydrogen-bond acceptors (Lipinski definition) is 4. The Kier molecular flexibility index (Phi) is 5.86. The Morgan fingerprint density at radius 2 is 1.67 bits per heavy atom. The first-order chi connectivity index (χ1) is 12.9. The van der Waals surface area contributed by atoms with E-state index in [1.54, 1.807) is 46.2 Å². The molecular weight excluding hydrogens is 368 g/mol. The van der Waals surface area contributed by atoms with Crippen molar-refractivity contribution in [2.75, 3.05) is 32.8 Å². The van der Waals surface area contributed by atoms with E-state index in [0.717, 1.165) is 5.56 Å². The zero-order valence-electron chi connectivity index (χ0n) is 15.0. The fourth-order valence-electron chi connectivity index (χ4n) is 2.92. The number of ether oxygens (including phenoxy) is 1. The predicted molar refractivity (Wildman–Crippen MR) is 102 cm³/mol. The molecule has 2 aromatic carbocycles. The Hall–Kier alpha value is -2.73. The largest absolute Gasteiger partial charge is 0.507 e. The van der Waals surface area contributed by atoms with E-state index in [1.165, 1.54) is 6.07 Å². The van der Waals surface area contributed by atoms with Gasteiger partial charge in [0.05, 0.1) is 5.56 Å². The molecule has 0 unspecified atom stereocenters. The highest BCUT2D eigenvalue weighted by Gasteiger charge is 2.26. The Balaban J connectivity index is 1.52. The highest BCUT2D eigenvalue weighted by Crippen LogP contribution is 2.21. The van der Waals surface area contributed by atoms with Gasteiger partial charge in [0.25, 0.3) is 11.8 Å². The average Bonchev–Trinajstić information content (AvgIpc) is 2.69. The van der Waals surface area contributed by atoms with Crippen molar-refractivity contribution in [2.24, 2.45) is 0 Å². The highest BCUT2D eigenvalue weighted by molar-refractivity contribution is 6.30. The van der Waals surface area contributed by atoms with Gasteiger partial charge >= 0.3 is 0 Å². The van der Waals surface area contributed by atoms with E-state index in [-0.39, 0.29) is 24.2 Å². The van der Waals surface area contributed by atoms with E-state index in [0.29, 0.717) is 42.5 Å². The second kappa shape index (κ2) is 8.31. The number of piperazine rings is 1. The molecule has 1 heterocycles. The van der Waals surface area contributed by atoms with Gasteiger partial charge in [0, 0.05) is 31.2 Å². The molecule has 1 fully saturated rings. The number of carbonyl (C=O) groups is 2. The molecule has 2 aromatic rings. The second-order valence-electron chi connectivity index (χ2n) is 6.44. The zero-order valence-corrected chi connectivity index (χ0v) is 15.8. The van der Waals surface area contributed by atoms with E-state index in [2.05, 4.69) is 0 Å². The lowest BCUT2D eigenvalue weighted by Gasteiger charge is -2.34. The maximum Gasteiger partial charge on any atom is 0.260 e. The molecule has 7 heteroatoms. The van der Waals surface area contributed by atoms with Gasteiger partial charge in [-0.25, -0.2) is 0 Å². The number of amides is 2. The van der Waals surface area contributed by atoms with E-state index in [1.807, 2.05) is 6.92 Å². The molecule has 142 valence electrons. The third kappa shape index (κ3) is 4.71. The van der Waals surface area contributed by atoms with Crippen LogP contribution in [0.3, 0.4) is 0 Å². The van der Waals surface area contributed by atoms with Crippen molar-refractivity contribution < 1.29 is 19.4 Å². The van der Waals surface area contributed by atoms with E-state index >= 15 is 0 Å². The third-order valence-corrected chi connectivity index (χ3v) is 4.73. The first-order valence-corrected chi connectivity index (χ1v) is 9.07. The molecule has 27 heavy (non-hydrogen) atoms. The van der Waals surface area contributed by atoms with Crippen molar-refractivity contribution in [3.8, 4) is 11.5 Å². The van der Waals surface area contributed by atoms with Crippen molar-refractivity contribution in [3.05, 3.63) is 58.6 Å². The van der Waals surface area contributed by atoms with Crippen molar-refractivity contribution in [1.29, 1.82) is 0 Å². The first kappa shape index (κ1) is 19.0. The molecule has 0 bridgehead atoms. The van der Waals surface area contributed by atoms with Crippen LogP contribution >= 0.6 is 11.6 Å². The van der Waals surface area contributed by atoms with Gasteiger partial charge in [-0.1, -0.05) is 23.2 Å². The fraction of sp³-hybridized carbons (Fsp3) is 0.300. The molecule has 1 aliphatic rings. The van der Waals surface area contributed by atoms with Crippen LogP contribution in [-0.4, -0.2) is 59.5 Å². The summed E-state index contributed by atoms with van der Waals surface area (Å²) in [6, 6.07) is 11.8. The molecule has 0 radical (unpaired) electrons. The number of nitrogens with zero attached hydrogens (tertiary/aromatic N) is 2. The lowest BCUT2D eigenvalue weighted by Crippen LogP contribution is -2.51. The SMILES string of the molecule is Cc1ccc(O)c(C(=O)N2CCN(C(=O)COc3ccc(Cl)cc3)CC2)c1. The molecule has 1 aliphatic heterocycles.